The Morgan fingerprint density at radius 1 is 1.26 bits per heavy atom. The summed E-state index contributed by atoms with van der Waals surface area (Å²) in [5, 5.41) is 2.60. The molecule has 23 heavy (non-hydrogen) atoms. The predicted octanol–water partition coefficient (Wildman–Crippen LogP) is 2.58. The highest BCUT2D eigenvalue weighted by atomic mass is 19.1. The Bertz CT molecular complexity index is 701. The van der Waals surface area contributed by atoms with Gasteiger partial charge in [-0.25, -0.2) is 4.39 Å². The molecule has 1 aliphatic heterocycles. The van der Waals surface area contributed by atoms with E-state index in [1.807, 2.05) is 12.1 Å². The number of rotatable bonds is 3. The first-order valence-electron chi connectivity index (χ1n) is 7.61. The minimum absolute atomic E-state index is 0.101. The fourth-order valence-electron chi connectivity index (χ4n) is 2.71. The normalized spacial score (nSPS) is 14.5. The largest absolute Gasteiger partial charge is 0.492 e. The van der Waals surface area contributed by atoms with Crippen LogP contribution < -0.4 is 10.1 Å². The minimum Gasteiger partial charge on any atom is -0.492 e. The van der Waals surface area contributed by atoms with Gasteiger partial charge in [-0.05, 0) is 29.8 Å². The first-order valence-corrected chi connectivity index (χ1v) is 7.61. The maximum Gasteiger partial charge on any atom is 0.251 e. The molecule has 0 fully saturated rings. The average Bonchev–Trinajstić information content (AvgIpc) is 2.78. The molecular formula is C18H19FN2O2. The second kappa shape index (κ2) is 6.79. The summed E-state index contributed by atoms with van der Waals surface area (Å²) in [6.45, 7) is 2.46. The summed E-state index contributed by atoms with van der Waals surface area (Å²) >= 11 is 0. The van der Waals surface area contributed by atoms with Crippen LogP contribution in [0.4, 0.5) is 4.39 Å². The molecule has 0 radical (unpaired) electrons. The van der Waals surface area contributed by atoms with Crippen LogP contribution in [-0.4, -0.2) is 31.0 Å². The fraction of sp³-hybridized carbons (Fsp3) is 0.278. The lowest BCUT2D eigenvalue weighted by molar-refractivity contribution is 0.0963. The molecule has 0 saturated carbocycles. The zero-order chi connectivity index (χ0) is 16.2. The molecule has 1 aliphatic rings. The summed E-state index contributed by atoms with van der Waals surface area (Å²) in [7, 11) is 1.61. The third-order valence-corrected chi connectivity index (χ3v) is 3.97. The van der Waals surface area contributed by atoms with Gasteiger partial charge in [-0.1, -0.05) is 18.2 Å². The number of fused-ring (bicyclic) bond motifs is 1. The number of amides is 1. The fourth-order valence-corrected chi connectivity index (χ4v) is 2.71. The number of benzene rings is 2. The van der Waals surface area contributed by atoms with E-state index < -0.39 is 0 Å². The van der Waals surface area contributed by atoms with E-state index in [-0.39, 0.29) is 11.7 Å². The van der Waals surface area contributed by atoms with Crippen molar-refractivity contribution in [2.75, 3.05) is 20.2 Å². The quantitative estimate of drug-likeness (QED) is 0.947. The Hall–Kier alpha value is -2.40. The molecule has 0 bridgehead atoms. The van der Waals surface area contributed by atoms with Gasteiger partial charge in [0.15, 0.2) is 0 Å². The highest BCUT2D eigenvalue weighted by Gasteiger charge is 2.18. The summed E-state index contributed by atoms with van der Waals surface area (Å²) in [5.41, 5.74) is 2.32. The molecule has 0 atom stereocenters. The zero-order valence-corrected chi connectivity index (χ0v) is 13.0. The van der Waals surface area contributed by atoms with Gasteiger partial charge < -0.3 is 10.1 Å². The van der Waals surface area contributed by atoms with Crippen molar-refractivity contribution in [2.24, 2.45) is 0 Å². The highest BCUT2D eigenvalue weighted by Crippen LogP contribution is 2.26. The summed E-state index contributed by atoms with van der Waals surface area (Å²) in [4.78, 5) is 13.7. The molecule has 1 heterocycles. The van der Waals surface area contributed by atoms with Crippen molar-refractivity contribution in [1.82, 2.24) is 10.2 Å². The van der Waals surface area contributed by atoms with Gasteiger partial charge in [0.1, 0.15) is 18.2 Å². The number of hydrogen-bond donors (Lipinski definition) is 1. The van der Waals surface area contributed by atoms with E-state index >= 15 is 0 Å². The van der Waals surface area contributed by atoms with E-state index in [4.69, 9.17) is 4.74 Å². The summed E-state index contributed by atoms with van der Waals surface area (Å²) in [6, 6.07) is 12.4. The third-order valence-electron chi connectivity index (χ3n) is 3.97. The maximum atomic E-state index is 14.0. The van der Waals surface area contributed by atoms with Gasteiger partial charge in [-0.2, -0.15) is 0 Å². The SMILES string of the molecule is CNC(=O)c1ccc(CN2CCOc3cccc(F)c3C2)cc1. The van der Waals surface area contributed by atoms with Crippen molar-refractivity contribution in [2.45, 2.75) is 13.1 Å². The molecule has 4 nitrogen and oxygen atoms in total. The van der Waals surface area contributed by atoms with E-state index in [0.717, 1.165) is 12.1 Å². The number of hydrogen-bond acceptors (Lipinski definition) is 3. The van der Waals surface area contributed by atoms with Crippen LogP contribution in [0.25, 0.3) is 0 Å². The van der Waals surface area contributed by atoms with E-state index in [1.165, 1.54) is 6.07 Å². The van der Waals surface area contributed by atoms with Gasteiger partial charge in [0.2, 0.25) is 0 Å². The van der Waals surface area contributed by atoms with Gasteiger partial charge in [-0.15, -0.1) is 0 Å². The van der Waals surface area contributed by atoms with Crippen LogP contribution in [0, 0.1) is 5.82 Å². The number of carbonyl (C=O) groups is 1. The van der Waals surface area contributed by atoms with Crippen molar-refractivity contribution in [1.29, 1.82) is 0 Å². The lowest BCUT2D eigenvalue weighted by Gasteiger charge is -2.19. The molecular weight excluding hydrogens is 295 g/mol. The second-order valence-electron chi connectivity index (χ2n) is 5.55. The van der Waals surface area contributed by atoms with E-state index in [2.05, 4.69) is 10.2 Å². The van der Waals surface area contributed by atoms with E-state index in [0.29, 0.717) is 36.6 Å². The Labute approximate surface area is 134 Å². The topological polar surface area (TPSA) is 41.6 Å². The molecule has 0 spiro atoms. The number of nitrogens with zero attached hydrogens (tertiary/aromatic N) is 1. The van der Waals surface area contributed by atoms with Gasteiger partial charge >= 0.3 is 0 Å². The summed E-state index contributed by atoms with van der Waals surface area (Å²) in [5.74, 6) is 0.294. The standard InChI is InChI=1S/C18H19FN2O2/c1-20-18(22)14-7-5-13(6-8-14)11-21-9-10-23-17-4-2-3-16(19)15(17)12-21/h2-8H,9-12H2,1H3,(H,20,22). The van der Waals surface area contributed by atoms with Crippen LogP contribution >= 0.6 is 0 Å². The summed E-state index contributed by atoms with van der Waals surface area (Å²) < 4.78 is 19.6. The number of carbonyl (C=O) groups excluding carboxylic acids is 1. The minimum atomic E-state index is -0.232. The van der Waals surface area contributed by atoms with E-state index in [1.54, 1.807) is 31.3 Å². The molecule has 1 amide bonds. The second-order valence-corrected chi connectivity index (χ2v) is 5.55. The molecule has 0 aliphatic carbocycles. The molecule has 0 unspecified atom stereocenters. The first-order chi connectivity index (χ1) is 11.2. The van der Waals surface area contributed by atoms with Crippen LogP contribution in [0.5, 0.6) is 5.75 Å². The van der Waals surface area contributed by atoms with Crippen LogP contribution in [0.1, 0.15) is 21.5 Å². The molecule has 0 saturated heterocycles. The molecule has 120 valence electrons. The third kappa shape index (κ3) is 3.51. The van der Waals surface area contributed by atoms with Gasteiger partial charge in [-0.3, -0.25) is 9.69 Å². The number of nitrogens with one attached hydrogen (secondary N) is 1. The molecule has 3 rings (SSSR count). The first kappa shape index (κ1) is 15.5. The van der Waals surface area contributed by atoms with Crippen LogP contribution in [0.2, 0.25) is 0 Å². The van der Waals surface area contributed by atoms with Crippen molar-refractivity contribution in [3.63, 3.8) is 0 Å². The number of halogens is 1. The molecule has 2 aromatic rings. The van der Waals surface area contributed by atoms with Crippen molar-refractivity contribution in [3.05, 3.63) is 65.0 Å². The van der Waals surface area contributed by atoms with Gasteiger partial charge in [0, 0.05) is 37.8 Å². The number of ether oxygens (including phenoxy) is 1. The predicted molar refractivity (Wildman–Crippen MR) is 85.8 cm³/mol. The Morgan fingerprint density at radius 2 is 2.04 bits per heavy atom. The maximum absolute atomic E-state index is 14.0. The lowest BCUT2D eigenvalue weighted by atomic mass is 10.1. The van der Waals surface area contributed by atoms with Crippen LogP contribution in [0.3, 0.4) is 0 Å². The van der Waals surface area contributed by atoms with Gasteiger partial charge in [0.05, 0.1) is 0 Å². The highest BCUT2D eigenvalue weighted by molar-refractivity contribution is 5.93. The summed E-state index contributed by atoms with van der Waals surface area (Å²) in [6.07, 6.45) is 0. The van der Waals surface area contributed by atoms with E-state index in [9.17, 15) is 9.18 Å². The lowest BCUT2D eigenvalue weighted by Crippen LogP contribution is -2.25. The Balaban J connectivity index is 1.73. The Morgan fingerprint density at radius 3 is 2.78 bits per heavy atom. The van der Waals surface area contributed by atoms with Crippen molar-refractivity contribution in [3.8, 4) is 5.75 Å². The van der Waals surface area contributed by atoms with Crippen LogP contribution in [-0.2, 0) is 13.1 Å². The molecule has 2 aromatic carbocycles. The molecule has 0 aromatic heterocycles. The Kier molecular flexibility index (Phi) is 4.57. The molecule has 1 N–H and O–H groups in total. The van der Waals surface area contributed by atoms with Crippen molar-refractivity contribution < 1.29 is 13.9 Å². The monoisotopic (exact) mass is 314 g/mol. The van der Waals surface area contributed by atoms with Crippen LogP contribution in [0.15, 0.2) is 42.5 Å². The van der Waals surface area contributed by atoms with Gasteiger partial charge in [0.25, 0.3) is 5.91 Å². The zero-order valence-electron chi connectivity index (χ0n) is 13.0. The average molecular weight is 314 g/mol. The smallest absolute Gasteiger partial charge is 0.251 e. The van der Waals surface area contributed by atoms with Crippen molar-refractivity contribution >= 4 is 5.91 Å². The molecule has 5 heteroatoms.